The minimum absolute atomic E-state index is 0.0279. The van der Waals surface area contributed by atoms with Gasteiger partial charge < -0.3 is 4.90 Å². The Hall–Kier alpha value is -4.57. The number of hydrogen-bond donors (Lipinski definition) is 0. The minimum atomic E-state index is -0.503. The van der Waals surface area contributed by atoms with Crippen LogP contribution >= 0.6 is 0 Å². The topological polar surface area (TPSA) is 54.5 Å². The van der Waals surface area contributed by atoms with Gasteiger partial charge in [-0.3, -0.25) is 14.4 Å². The molecule has 0 aliphatic rings. The molecule has 0 N–H and O–H groups in total. The van der Waals surface area contributed by atoms with E-state index in [1.165, 1.54) is 0 Å². The highest BCUT2D eigenvalue weighted by molar-refractivity contribution is 6.35. The van der Waals surface area contributed by atoms with Gasteiger partial charge in [0, 0.05) is 29.4 Å². The molecular formula is C30H23NO3. The first-order chi connectivity index (χ1) is 16.6. The zero-order chi connectivity index (χ0) is 23.9. The Bertz CT molecular complexity index is 1280. The molecule has 0 radical (unpaired) electrons. The van der Waals surface area contributed by atoms with Crippen LogP contribution in [0.4, 0.5) is 5.69 Å². The molecule has 0 aliphatic heterocycles. The fourth-order valence-electron chi connectivity index (χ4n) is 3.73. The maximum atomic E-state index is 13.9. The molecule has 0 unspecified atom stereocenters. The molecule has 4 aromatic carbocycles. The number of carbonyl (C=O) groups is 3. The number of likely N-dealkylation sites (N-methyl/N-ethyl adjacent to an activating group) is 1. The number of carbonyl (C=O) groups excluding carboxylic acids is 3. The smallest absolute Gasteiger partial charge is 0.210 e. The quantitative estimate of drug-likeness (QED) is 0.144. The molecular weight excluding hydrogens is 422 g/mol. The SMILES string of the molecule is CN(C(C(=O)c1ccccc1)=C(C(=O)c1ccccc1)C(=O)c1ccccc1)c1ccccc1. The van der Waals surface area contributed by atoms with Crippen molar-refractivity contribution in [2.45, 2.75) is 0 Å². The predicted molar refractivity (Wildman–Crippen MR) is 134 cm³/mol. The van der Waals surface area contributed by atoms with E-state index < -0.39 is 17.3 Å². The molecule has 0 amide bonds. The van der Waals surface area contributed by atoms with Crippen LogP contribution in [0, 0.1) is 0 Å². The predicted octanol–water partition coefficient (Wildman–Crippen LogP) is 6.03. The number of ketones is 3. The molecule has 0 spiro atoms. The van der Waals surface area contributed by atoms with Crippen LogP contribution in [-0.2, 0) is 0 Å². The van der Waals surface area contributed by atoms with Gasteiger partial charge in [-0.05, 0) is 12.1 Å². The lowest BCUT2D eigenvalue weighted by Gasteiger charge is -2.25. The zero-order valence-corrected chi connectivity index (χ0v) is 18.7. The number of anilines is 1. The molecule has 0 saturated heterocycles. The number of hydrogen-bond acceptors (Lipinski definition) is 4. The van der Waals surface area contributed by atoms with Gasteiger partial charge in [0.15, 0.2) is 11.6 Å². The highest BCUT2D eigenvalue weighted by atomic mass is 16.2. The Morgan fingerprint density at radius 2 is 0.794 bits per heavy atom. The first kappa shape index (κ1) is 22.6. The van der Waals surface area contributed by atoms with Crippen molar-refractivity contribution in [3.63, 3.8) is 0 Å². The molecule has 0 heterocycles. The van der Waals surface area contributed by atoms with Crippen molar-refractivity contribution < 1.29 is 14.4 Å². The van der Waals surface area contributed by atoms with Crippen LogP contribution in [0.2, 0.25) is 0 Å². The van der Waals surface area contributed by atoms with Gasteiger partial charge in [0.05, 0.1) is 5.57 Å². The molecule has 0 aliphatic carbocycles. The van der Waals surface area contributed by atoms with Crippen molar-refractivity contribution >= 4 is 23.0 Å². The van der Waals surface area contributed by atoms with Crippen LogP contribution in [0.5, 0.6) is 0 Å². The van der Waals surface area contributed by atoms with Gasteiger partial charge in [-0.25, -0.2) is 0 Å². The summed E-state index contributed by atoms with van der Waals surface area (Å²) in [6, 6.07) is 35.0. The second-order valence-electron chi connectivity index (χ2n) is 7.70. The second kappa shape index (κ2) is 10.4. The van der Waals surface area contributed by atoms with E-state index in [9.17, 15) is 14.4 Å². The van der Waals surface area contributed by atoms with Crippen molar-refractivity contribution in [2.24, 2.45) is 0 Å². The first-order valence-electron chi connectivity index (χ1n) is 10.9. The molecule has 166 valence electrons. The Labute approximate surface area is 198 Å². The summed E-state index contributed by atoms with van der Waals surface area (Å²) in [7, 11) is 1.70. The number of benzene rings is 4. The minimum Gasteiger partial charge on any atom is -0.341 e. The van der Waals surface area contributed by atoms with Gasteiger partial charge in [0.25, 0.3) is 0 Å². The summed E-state index contributed by atoms with van der Waals surface area (Å²) in [5.41, 5.74) is 1.60. The summed E-state index contributed by atoms with van der Waals surface area (Å²) in [4.78, 5) is 43.1. The Morgan fingerprint density at radius 1 is 0.471 bits per heavy atom. The van der Waals surface area contributed by atoms with Crippen LogP contribution in [-0.4, -0.2) is 24.4 Å². The Balaban J connectivity index is 2.01. The largest absolute Gasteiger partial charge is 0.341 e. The lowest BCUT2D eigenvalue weighted by molar-refractivity contribution is 0.0941. The van der Waals surface area contributed by atoms with E-state index in [0.717, 1.165) is 0 Å². The summed E-state index contributed by atoms with van der Waals surface area (Å²) in [5.74, 6) is -1.41. The Kier molecular flexibility index (Phi) is 6.89. The van der Waals surface area contributed by atoms with E-state index in [1.807, 2.05) is 36.4 Å². The summed E-state index contributed by atoms with van der Waals surface area (Å²) in [6.45, 7) is 0. The lowest BCUT2D eigenvalue weighted by atomic mass is 9.90. The summed E-state index contributed by atoms with van der Waals surface area (Å²) < 4.78 is 0. The maximum absolute atomic E-state index is 13.9. The van der Waals surface area contributed by atoms with E-state index in [1.54, 1.807) is 96.9 Å². The van der Waals surface area contributed by atoms with Crippen LogP contribution in [0.1, 0.15) is 31.1 Å². The standard InChI is InChI=1S/C30H23NO3/c1-31(25-20-12-5-13-21-25)27(30(34)24-18-10-4-11-19-24)26(28(32)22-14-6-2-7-15-22)29(33)23-16-8-3-9-17-23/h2-21H,1H3. The van der Waals surface area contributed by atoms with E-state index >= 15 is 0 Å². The molecule has 0 aromatic heterocycles. The highest BCUT2D eigenvalue weighted by Gasteiger charge is 2.32. The van der Waals surface area contributed by atoms with Crippen molar-refractivity contribution in [1.29, 1.82) is 0 Å². The molecule has 34 heavy (non-hydrogen) atoms. The summed E-state index contributed by atoms with van der Waals surface area (Å²) >= 11 is 0. The number of allylic oxidation sites excluding steroid dienone is 2. The summed E-state index contributed by atoms with van der Waals surface area (Å²) in [5, 5.41) is 0. The highest BCUT2D eigenvalue weighted by Crippen LogP contribution is 2.27. The third-order valence-corrected chi connectivity index (χ3v) is 5.49. The Morgan fingerprint density at radius 3 is 1.18 bits per heavy atom. The van der Waals surface area contributed by atoms with Crippen LogP contribution < -0.4 is 4.90 Å². The maximum Gasteiger partial charge on any atom is 0.210 e. The van der Waals surface area contributed by atoms with Gasteiger partial charge in [-0.1, -0.05) is 109 Å². The van der Waals surface area contributed by atoms with Crippen LogP contribution in [0.15, 0.2) is 133 Å². The monoisotopic (exact) mass is 445 g/mol. The first-order valence-corrected chi connectivity index (χ1v) is 10.9. The van der Waals surface area contributed by atoms with Gasteiger partial charge in [0.2, 0.25) is 5.78 Å². The average Bonchev–Trinajstić information content (AvgIpc) is 2.92. The van der Waals surface area contributed by atoms with Crippen molar-refractivity contribution in [2.75, 3.05) is 11.9 Å². The molecule has 4 aromatic rings. The van der Waals surface area contributed by atoms with Crippen molar-refractivity contribution in [3.05, 3.63) is 149 Å². The van der Waals surface area contributed by atoms with E-state index in [0.29, 0.717) is 22.4 Å². The molecule has 4 rings (SSSR count). The molecule has 4 heteroatoms. The fraction of sp³-hybridized carbons (Fsp3) is 0.0333. The number of Topliss-reactive ketones (excluding diaryl/α,β-unsaturated/α-hetero) is 3. The van der Waals surface area contributed by atoms with Crippen LogP contribution in [0.3, 0.4) is 0 Å². The number of rotatable bonds is 8. The van der Waals surface area contributed by atoms with Gasteiger partial charge in [-0.2, -0.15) is 0 Å². The van der Waals surface area contributed by atoms with Crippen LogP contribution in [0.25, 0.3) is 0 Å². The second-order valence-corrected chi connectivity index (χ2v) is 7.70. The summed E-state index contributed by atoms with van der Waals surface area (Å²) in [6.07, 6.45) is 0. The third-order valence-electron chi connectivity index (χ3n) is 5.49. The molecule has 0 saturated carbocycles. The average molecular weight is 446 g/mol. The molecule has 0 atom stereocenters. The van der Waals surface area contributed by atoms with Gasteiger partial charge >= 0.3 is 0 Å². The van der Waals surface area contributed by atoms with E-state index in [4.69, 9.17) is 0 Å². The van der Waals surface area contributed by atoms with Gasteiger partial charge in [-0.15, -0.1) is 0 Å². The van der Waals surface area contributed by atoms with E-state index in [-0.39, 0.29) is 11.3 Å². The van der Waals surface area contributed by atoms with Crippen molar-refractivity contribution in [1.82, 2.24) is 0 Å². The number of nitrogens with zero attached hydrogens (tertiary/aromatic N) is 1. The van der Waals surface area contributed by atoms with Crippen molar-refractivity contribution in [3.8, 4) is 0 Å². The van der Waals surface area contributed by atoms with Gasteiger partial charge in [0.1, 0.15) is 5.70 Å². The fourth-order valence-corrected chi connectivity index (χ4v) is 3.73. The third kappa shape index (κ3) is 4.76. The molecule has 4 nitrogen and oxygen atoms in total. The lowest BCUT2D eigenvalue weighted by Crippen LogP contribution is -2.30. The molecule has 0 fully saturated rings. The van der Waals surface area contributed by atoms with E-state index in [2.05, 4.69) is 0 Å². The number of para-hydroxylation sites is 1. The molecule has 0 bridgehead atoms. The normalized spacial score (nSPS) is 10.3. The zero-order valence-electron chi connectivity index (χ0n) is 18.7.